The fourth-order valence-corrected chi connectivity index (χ4v) is 3.86. The van der Waals surface area contributed by atoms with Crippen LogP contribution in [0.15, 0.2) is 0 Å². The van der Waals surface area contributed by atoms with Crippen molar-refractivity contribution in [1.82, 2.24) is 0 Å². The zero-order valence-corrected chi connectivity index (χ0v) is 29.8. The number of carbonyl (C=O) groups is 1. The minimum absolute atomic E-state index is 0.0698. The fraction of sp³-hybridized carbons (Fsp3) is 0.970. The average Bonchev–Trinajstić information content (AvgIpc) is 3.12. The number of esters is 1. The predicted octanol–water partition coefficient (Wildman–Crippen LogP) is 1.29. The van der Waals surface area contributed by atoms with Crippen molar-refractivity contribution >= 4 is 5.97 Å². The molecule has 0 aromatic heterocycles. The van der Waals surface area contributed by atoms with Crippen molar-refractivity contribution in [1.29, 1.82) is 0 Å². The van der Waals surface area contributed by atoms with Crippen molar-refractivity contribution in [3.05, 3.63) is 0 Å². The van der Waals surface area contributed by atoms with Gasteiger partial charge in [-0.05, 0) is 19.3 Å². The van der Waals surface area contributed by atoms with Crippen LogP contribution < -0.4 is 0 Å². The van der Waals surface area contributed by atoms with Crippen LogP contribution in [0, 0.1) is 0 Å². The van der Waals surface area contributed by atoms with E-state index in [-0.39, 0.29) is 18.7 Å². The lowest BCUT2D eigenvalue weighted by atomic mass is 10.2. The summed E-state index contributed by atoms with van der Waals surface area (Å²) in [7, 11) is 1.35. The standard InChI is InChI=1S/C33H64O16/c1-35-32(34)5-7-36-8-9-37-10-11-38-12-13-39-14-15-40-16-17-41-18-19-42-20-21-43-22-23-44-24-25-45-26-27-46-28-29-47-30-31-49-33-4-2-3-6-48-33/h33H,2-31H2,1H3. The molecule has 0 N–H and O–H groups in total. The maximum atomic E-state index is 10.9. The summed E-state index contributed by atoms with van der Waals surface area (Å²) >= 11 is 0. The van der Waals surface area contributed by atoms with Crippen molar-refractivity contribution in [3.63, 3.8) is 0 Å². The Balaban J connectivity index is 1.60. The molecule has 0 amide bonds. The number of hydrogen-bond donors (Lipinski definition) is 0. The van der Waals surface area contributed by atoms with E-state index in [0.717, 1.165) is 25.9 Å². The summed E-state index contributed by atoms with van der Waals surface area (Å²) in [6, 6.07) is 0. The Bertz CT molecular complexity index is 656. The maximum absolute atomic E-state index is 10.9. The van der Waals surface area contributed by atoms with Crippen molar-refractivity contribution in [2.45, 2.75) is 32.0 Å². The number of rotatable bonds is 40. The second kappa shape index (κ2) is 39.7. The Hall–Kier alpha value is -1.09. The van der Waals surface area contributed by atoms with Crippen LogP contribution in [0.1, 0.15) is 25.7 Å². The van der Waals surface area contributed by atoms with Gasteiger partial charge in [-0.3, -0.25) is 4.79 Å². The Kier molecular flexibility index (Phi) is 37.2. The lowest BCUT2D eigenvalue weighted by Crippen LogP contribution is -2.24. The molecule has 1 aliphatic rings. The van der Waals surface area contributed by atoms with Gasteiger partial charge in [0, 0.05) is 6.61 Å². The minimum atomic E-state index is -0.287. The highest BCUT2D eigenvalue weighted by atomic mass is 16.7. The summed E-state index contributed by atoms with van der Waals surface area (Å²) in [5, 5.41) is 0. The van der Waals surface area contributed by atoms with Crippen LogP contribution in [-0.2, 0) is 75.8 Å². The van der Waals surface area contributed by atoms with E-state index >= 15 is 0 Å². The van der Waals surface area contributed by atoms with Gasteiger partial charge in [0.25, 0.3) is 0 Å². The van der Waals surface area contributed by atoms with E-state index in [1.165, 1.54) is 7.11 Å². The second-order valence-electron chi connectivity index (χ2n) is 10.3. The van der Waals surface area contributed by atoms with E-state index in [4.69, 9.17) is 66.3 Å². The molecule has 292 valence electrons. The van der Waals surface area contributed by atoms with Crippen molar-refractivity contribution in [3.8, 4) is 0 Å². The summed E-state index contributed by atoms with van der Waals surface area (Å²) in [6.07, 6.45) is 3.42. The Morgan fingerprint density at radius 3 is 0.980 bits per heavy atom. The molecule has 0 saturated carbocycles. The van der Waals surface area contributed by atoms with Crippen LogP contribution in [-0.4, -0.2) is 191 Å². The number of ether oxygens (including phenoxy) is 15. The van der Waals surface area contributed by atoms with Crippen LogP contribution in [0.4, 0.5) is 0 Å². The van der Waals surface area contributed by atoms with Gasteiger partial charge in [-0.2, -0.15) is 0 Å². The third-order valence-corrected chi connectivity index (χ3v) is 6.44. The highest BCUT2D eigenvalue weighted by Gasteiger charge is 2.13. The first kappa shape index (κ1) is 45.9. The predicted molar refractivity (Wildman–Crippen MR) is 176 cm³/mol. The minimum Gasteiger partial charge on any atom is -0.469 e. The van der Waals surface area contributed by atoms with Crippen LogP contribution in [0.2, 0.25) is 0 Å². The van der Waals surface area contributed by atoms with E-state index in [1.807, 2.05) is 0 Å². The van der Waals surface area contributed by atoms with E-state index in [9.17, 15) is 4.79 Å². The van der Waals surface area contributed by atoms with E-state index in [1.54, 1.807) is 0 Å². The molecule has 0 radical (unpaired) electrons. The van der Waals surface area contributed by atoms with Gasteiger partial charge in [0.15, 0.2) is 6.29 Å². The number of carbonyl (C=O) groups excluding carboxylic acids is 1. The monoisotopic (exact) mass is 716 g/mol. The van der Waals surface area contributed by atoms with Crippen molar-refractivity contribution < 1.29 is 75.8 Å². The SMILES string of the molecule is COC(=O)CCOCCOCCOCCOCCOCCOCCOCCOCCOCCOCCOCCOCCOC1CCCCO1. The first-order chi connectivity index (χ1) is 24.3. The molecule has 0 aromatic rings. The van der Waals surface area contributed by atoms with Gasteiger partial charge in [0.1, 0.15) is 0 Å². The van der Waals surface area contributed by atoms with Crippen LogP contribution in [0.5, 0.6) is 0 Å². The first-order valence-electron chi connectivity index (χ1n) is 17.6. The molecule has 1 atom stereocenters. The summed E-state index contributed by atoms with van der Waals surface area (Å²) < 4.78 is 81.0. The average molecular weight is 717 g/mol. The summed E-state index contributed by atoms with van der Waals surface area (Å²) in [4.78, 5) is 10.9. The third-order valence-electron chi connectivity index (χ3n) is 6.44. The van der Waals surface area contributed by atoms with Crippen molar-refractivity contribution in [2.24, 2.45) is 0 Å². The lowest BCUT2D eigenvalue weighted by molar-refractivity contribution is -0.169. The molecule has 1 rings (SSSR count). The van der Waals surface area contributed by atoms with Gasteiger partial charge in [-0.15, -0.1) is 0 Å². The molecule has 1 unspecified atom stereocenters. The zero-order chi connectivity index (χ0) is 35.0. The van der Waals surface area contributed by atoms with Gasteiger partial charge < -0.3 is 71.1 Å². The fourth-order valence-electron chi connectivity index (χ4n) is 3.86. The Labute approximate surface area is 292 Å². The van der Waals surface area contributed by atoms with E-state index in [2.05, 4.69) is 4.74 Å². The van der Waals surface area contributed by atoms with Gasteiger partial charge in [0.2, 0.25) is 0 Å². The van der Waals surface area contributed by atoms with Gasteiger partial charge in [-0.25, -0.2) is 0 Å². The second-order valence-corrected chi connectivity index (χ2v) is 10.3. The molecular formula is C33H64O16. The number of methoxy groups -OCH3 is 1. The largest absolute Gasteiger partial charge is 0.469 e. The molecule has 1 fully saturated rings. The molecule has 1 saturated heterocycles. The highest BCUT2D eigenvalue weighted by molar-refractivity contribution is 5.69. The quantitative estimate of drug-likeness (QED) is 0.0660. The first-order valence-corrected chi connectivity index (χ1v) is 17.6. The molecule has 16 nitrogen and oxygen atoms in total. The Morgan fingerprint density at radius 1 is 0.429 bits per heavy atom. The lowest BCUT2D eigenvalue weighted by Gasteiger charge is -2.22. The third kappa shape index (κ3) is 36.5. The van der Waals surface area contributed by atoms with Gasteiger partial charge in [0.05, 0.1) is 179 Å². The number of hydrogen-bond acceptors (Lipinski definition) is 16. The summed E-state index contributed by atoms with van der Waals surface area (Å²) in [5.74, 6) is -0.287. The van der Waals surface area contributed by atoms with Gasteiger partial charge >= 0.3 is 5.97 Å². The highest BCUT2D eigenvalue weighted by Crippen LogP contribution is 2.13. The van der Waals surface area contributed by atoms with Crippen LogP contribution in [0.3, 0.4) is 0 Å². The molecule has 16 heteroatoms. The smallest absolute Gasteiger partial charge is 0.307 e. The zero-order valence-electron chi connectivity index (χ0n) is 29.8. The molecule has 0 aliphatic carbocycles. The maximum Gasteiger partial charge on any atom is 0.307 e. The topological polar surface area (TPSA) is 156 Å². The summed E-state index contributed by atoms with van der Waals surface area (Å²) in [5.41, 5.74) is 0. The van der Waals surface area contributed by atoms with E-state index < -0.39 is 0 Å². The molecule has 0 bridgehead atoms. The molecule has 49 heavy (non-hydrogen) atoms. The van der Waals surface area contributed by atoms with Crippen LogP contribution >= 0.6 is 0 Å². The van der Waals surface area contributed by atoms with Gasteiger partial charge in [-0.1, -0.05) is 0 Å². The molecular weight excluding hydrogens is 652 g/mol. The molecule has 1 aliphatic heterocycles. The van der Waals surface area contributed by atoms with Crippen molar-refractivity contribution in [2.75, 3.05) is 179 Å². The molecule has 1 heterocycles. The molecule has 0 spiro atoms. The molecule has 0 aromatic carbocycles. The van der Waals surface area contributed by atoms with Crippen LogP contribution in [0.25, 0.3) is 0 Å². The normalized spacial score (nSPS) is 14.8. The summed E-state index contributed by atoms with van der Waals surface area (Å²) in [6.45, 7) is 13.1. The van der Waals surface area contributed by atoms with E-state index in [0.29, 0.717) is 165 Å². The Morgan fingerprint density at radius 2 is 0.714 bits per heavy atom.